The molecule has 1 atom stereocenters. The topological polar surface area (TPSA) is 96.6 Å². The number of carbonyl (C=O) groups excluding carboxylic acids is 1. The first kappa shape index (κ1) is 21.3. The van der Waals surface area contributed by atoms with E-state index in [1.807, 2.05) is 23.9 Å². The van der Waals surface area contributed by atoms with Crippen molar-refractivity contribution in [3.63, 3.8) is 0 Å². The molecule has 3 rings (SSSR count). The molecule has 0 aliphatic carbocycles. The minimum absolute atomic E-state index is 0.199. The van der Waals surface area contributed by atoms with Gasteiger partial charge in [0, 0.05) is 35.6 Å². The van der Waals surface area contributed by atoms with Crippen LogP contribution in [0.1, 0.15) is 27.2 Å². The van der Waals surface area contributed by atoms with Crippen molar-refractivity contribution in [1.82, 2.24) is 15.0 Å². The molecule has 2 aromatic heterocycles. The van der Waals surface area contributed by atoms with Crippen LogP contribution in [-0.2, 0) is 18.3 Å². The normalized spacial score (nSPS) is 12.3. The third-order valence-corrected chi connectivity index (χ3v) is 5.58. The van der Waals surface area contributed by atoms with Crippen LogP contribution in [0.15, 0.2) is 41.4 Å². The molecule has 0 saturated heterocycles. The van der Waals surface area contributed by atoms with Crippen molar-refractivity contribution in [1.29, 1.82) is 0 Å². The van der Waals surface area contributed by atoms with Crippen LogP contribution < -0.4 is 5.48 Å². The molecule has 0 unspecified atom stereocenters. The molecule has 8 heteroatoms. The van der Waals surface area contributed by atoms with Crippen molar-refractivity contribution in [2.75, 3.05) is 19.5 Å². The molecule has 0 aliphatic rings. The summed E-state index contributed by atoms with van der Waals surface area (Å²) < 4.78 is 1.93. The van der Waals surface area contributed by atoms with E-state index in [2.05, 4.69) is 35.6 Å². The molecule has 1 amide bonds. The van der Waals surface area contributed by atoms with Crippen molar-refractivity contribution in [3.05, 3.63) is 58.9 Å². The number of rotatable bonds is 8. The van der Waals surface area contributed by atoms with Gasteiger partial charge in [0.15, 0.2) is 0 Å². The smallest absolute Gasteiger partial charge is 0.277 e. The highest BCUT2D eigenvalue weighted by Crippen LogP contribution is 2.28. The summed E-state index contributed by atoms with van der Waals surface area (Å²) in [6.45, 7) is 1.43. The van der Waals surface area contributed by atoms with Crippen molar-refractivity contribution in [3.8, 4) is 0 Å². The van der Waals surface area contributed by atoms with Gasteiger partial charge in [0.05, 0.1) is 12.2 Å². The largest absolute Gasteiger partial charge is 0.394 e. The lowest BCUT2D eigenvalue weighted by Crippen LogP contribution is -2.30. The molecular weight excluding hydrogens is 390 g/mol. The number of aliphatic hydroxyl groups excluding tert-OH is 2. The summed E-state index contributed by atoms with van der Waals surface area (Å²) in [5, 5.41) is 19.0. The molecule has 0 aliphatic heterocycles. The van der Waals surface area contributed by atoms with E-state index in [0.29, 0.717) is 17.6 Å². The molecule has 3 N–H and O–H groups in total. The van der Waals surface area contributed by atoms with E-state index >= 15 is 0 Å². The van der Waals surface area contributed by atoms with E-state index in [9.17, 15) is 9.90 Å². The van der Waals surface area contributed by atoms with Gasteiger partial charge in [-0.2, -0.15) is 0 Å². The fraction of sp³-hybridized carbons (Fsp3) is 0.333. The fourth-order valence-corrected chi connectivity index (χ4v) is 3.75. The molecule has 2 heterocycles. The summed E-state index contributed by atoms with van der Waals surface area (Å²) in [4.78, 5) is 23.6. The van der Waals surface area contributed by atoms with Crippen molar-refractivity contribution >= 4 is 28.7 Å². The third kappa shape index (κ3) is 4.62. The number of aryl methyl sites for hydroxylation is 2. The maximum atomic E-state index is 12.9. The Morgan fingerprint density at radius 3 is 2.86 bits per heavy atom. The quantitative estimate of drug-likeness (QED) is 0.386. The Hall–Kier alpha value is -2.39. The van der Waals surface area contributed by atoms with Crippen molar-refractivity contribution in [2.45, 2.75) is 24.3 Å². The summed E-state index contributed by atoms with van der Waals surface area (Å²) in [6, 6.07) is 9.94. The second kappa shape index (κ2) is 9.41. The monoisotopic (exact) mass is 415 g/mol. The Morgan fingerprint density at radius 2 is 2.17 bits per heavy atom. The van der Waals surface area contributed by atoms with Crippen LogP contribution in [0.2, 0.25) is 0 Å². The second-order valence-electron chi connectivity index (χ2n) is 6.80. The number of benzene rings is 1. The molecule has 0 fully saturated rings. The molecule has 3 aromatic rings. The predicted octanol–water partition coefficient (Wildman–Crippen LogP) is 2.21. The van der Waals surface area contributed by atoms with Crippen LogP contribution in [0.3, 0.4) is 0 Å². The summed E-state index contributed by atoms with van der Waals surface area (Å²) >= 11 is 1.69. The van der Waals surface area contributed by atoms with Crippen LogP contribution in [-0.4, -0.2) is 51.2 Å². The Bertz CT molecular complexity index is 1020. The Morgan fingerprint density at radius 1 is 1.38 bits per heavy atom. The molecule has 0 spiro atoms. The number of nitrogens with one attached hydrogen (secondary N) is 1. The maximum Gasteiger partial charge on any atom is 0.277 e. The van der Waals surface area contributed by atoms with E-state index in [1.165, 1.54) is 4.90 Å². The Balaban J connectivity index is 1.97. The number of carbonyl (C=O) groups is 1. The van der Waals surface area contributed by atoms with Gasteiger partial charge in [-0.05, 0) is 48.6 Å². The van der Waals surface area contributed by atoms with Crippen LogP contribution >= 0.6 is 11.8 Å². The number of aromatic nitrogens is 2. The second-order valence-corrected chi connectivity index (χ2v) is 7.68. The zero-order valence-corrected chi connectivity index (χ0v) is 17.5. The Kier molecular flexibility index (Phi) is 6.92. The lowest BCUT2D eigenvalue weighted by molar-refractivity contribution is -0.0295. The Labute approximate surface area is 173 Å². The SMILES string of the molecule is CSc1ccc(Cc2c(C(=O)NOC[C@H](O)CO)c3cccnc3n2C)c(C)c1. The zero-order valence-electron chi connectivity index (χ0n) is 16.7. The number of amides is 1. The third-order valence-electron chi connectivity index (χ3n) is 4.85. The van der Waals surface area contributed by atoms with Gasteiger partial charge in [-0.1, -0.05) is 6.07 Å². The average molecular weight is 416 g/mol. The summed E-state index contributed by atoms with van der Waals surface area (Å²) in [7, 11) is 1.89. The van der Waals surface area contributed by atoms with E-state index in [4.69, 9.17) is 9.94 Å². The number of aliphatic hydroxyl groups is 2. The number of nitrogens with zero attached hydrogens (tertiary/aromatic N) is 2. The maximum absolute atomic E-state index is 12.9. The van der Waals surface area contributed by atoms with Crippen LogP contribution in [0.4, 0.5) is 0 Å². The summed E-state index contributed by atoms with van der Waals surface area (Å²) in [5.74, 6) is -0.415. The van der Waals surface area contributed by atoms with E-state index in [1.54, 1.807) is 24.0 Å². The van der Waals surface area contributed by atoms with E-state index in [0.717, 1.165) is 22.2 Å². The molecule has 0 saturated carbocycles. The standard InChI is InChI=1S/C21H25N3O4S/c1-13-9-16(29-3)7-6-14(13)10-18-19(21(27)23-28-12-15(26)11-25)17-5-4-8-22-20(17)24(18)2/h4-9,15,25-26H,10-12H2,1-3H3,(H,23,27)/t15-/m1/s1. The molecule has 0 radical (unpaired) electrons. The molecule has 0 bridgehead atoms. The molecule has 1 aromatic carbocycles. The molecule has 7 nitrogen and oxygen atoms in total. The highest BCUT2D eigenvalue weighted by Gasteiger charge is 2.23. The number of hydrogen-bond acceptors (Lipinski definition) is 6. The summed E-state index contributed by atoms with van der Waals surface area (Å²) in [6.07, 6.45) is 3.25. The highest BCUT2D eigenvalue weighted by molar-refractivity contribution is 7.98. The number of pyridine rings is 1. The fourth-order valence-electron chi connectivity index (χ4n) is 3.25. The van der Waals surface area contributed by atoms with Crippen LogP contribution in [0, 0.1) is 6.92 Å². The number of thioether (sulfide) groups is 1. The van der Waals surface area contributed by atoms with Gasteiger partial charge in [-0.15, -0.1) is 11.8 Å². The lowest BCUT2D eigenvalue weighted by Gasteiger charge is -2.12. The minimum Gasteiger partial charge on any atom is -0.394 e. The van der Waals surface area contributed by atoms with E-state index < -0.39 is 18.6 Å². The number of fused-ring (bicyclic) bond motifs is 1. The molecule has 29 heavy (non-hydrogen) atoms. The minimum atomic E-state index is -1.05. The number of hydrogen-bond donors (Lipinski definition) is 3. The zero-order chi connectivity index (χ0) is 21.0. The van der Waals surface area contributed by atoms with Crippen molar-refractivity contribution in [2.24, 2.45) is 7.05 Å². The highest BCUT2D eigenvalue weighted by atomic mass is 32.2. The van der Waals surface area contributed by atoms with Gasteiger partial charge in [0.2, 0.25) is 0 Å². The molecule has 154 valence electrons. The predicted molar refractivity (Wildman–Crippen MR) is 113 cm³/mol. The van der Waals surface area contributed by atoms with Crippen LogP contribution in [0.25, 0.3) is 11.0 Å². The van der Waals surface area contributed by atoms with Gasteiger partial charge in [-0.25, -0.2) is 10.5 Å². The van der Waals surface area contributed by atoms with Crippen LogP contribution in [0.5, 0.6) is 0 Å². The van der Waals surface area contributed by atoms with Gasteiger partial charge in [0.25, 0.3) is 5.91 Å². The van der Waals surface area contributed by atoms with Gasteiger partial charge in [0.1, 0.15) is 18.4 Å². The average Bonchev–Trinajstić information content (AvgIpc) is 3.01. The lowest BCUT2D eigenvalue weighted by atomic mass is 10.0. The van der Waals surface area contributed by atoms with Gasteiger partial charge < -0.3 is 14.8 Å². The number of hydroxylamine groups is 1. The first-order valence-corrected chi connectivity index (χ1v) is 10.5. The first-order chi connectivity index (χ1) is 14.0. The molecular formula is C21H25N3O4S. The van der Waals surface area contributed by atoms with Gasteiger partial charge >= 0.3 is 0 Å². The van der Waals surface area contributed by atoms with Crippen molar-refractivity contribution < 1.29 is 19.8 Å². The first-order valence-electron chi connectivity index (χ1n) is 9.23. The van der Waals surface area contributed by atoms with E-state index in [-0.39, 0.29) is 6.61 Å². The van der Waals surface area contributed by atoms with Gasteiger partial charge in [-0.3, -0.25) is 9.63 Å². The summed E-state index contributed by atoms with van der Waals surface area (Å²) in [5.41, 5.74) is 6.67.